The van der Waals surface area contributed by atoms with E-state index in [0.717, 1.165) is 29.8 Å². The second-order valence-electron chi connectivity index (χ2n) is 13.8. The molecule has 3 N–H and O–H groups in total. The molecule has 4 aromatic rings. The van der Waals surface area contributed by atoms with Crippen LogP contribution in [0.1, 0.15) is 48.9 Å². The van der Waals surface area contributed by atoms with Crippen molar-refractivity contribution in [3.63, 3.8) is 0 Å². The second-order valence-corrected chi connectivity index (χ2v) is 13.8. The number of nitrogens with zero attached hydrogens (tertiary/aromatic N) is 2. The Hall–Kier alpha value is -5.50. The molecule has 0 radical (unpaired) electrons. The predicted octanol–water partition coefficient (Wildman–Crippen LogP) is 9.65. The number of fused-ring (bicyclic) bond motifs is 4. The average Bonchev–Trinajstić information content (AvgIpc) is 3.36. The largest absolute Gasteiger partial charge is 0.354 e. The average molecular weight is 623 g/mol. The Labute approximate surface area is 283 Å². The molecule has 4 heteroatoms. The van der Waals surface area contributed by atoms with E-state index in [9.17, 15) is 5.26 Å². The van der Waals surface area contributed by atoms with Crippen LogP contribution in [0.25, 0.3) is 27.8 Å². The molecule has 0 aliphatic heterocycles. The molecule has 0 spiro atoms. The van der Waals surface area contributed by atoms with Crippen LogP contribution in [0.4, 0.5) is 5.82 Å². The summed E-state index contributed by atoms with van der Waals surface area (Å²) in [5.74, 6) is 1.27. The third-order valence-electron chi connectivity index (χ3n) is 10.5. The number of allylic oxidation sites excluding steroid dienone is 11. The van der Waals surface area contributed by atoms with Crippen LogP contribution in [-0.4, -0.2) is 11.1 Å². The Morgan fingerprint density at radius 1 is 0.833 bits per heavy atom. The fourth-order valence-corrected chi connectivity index (χ4v) is 7.78. The Balaban J connectivity index is 0.987. The van der Waals surface area contributed by atoms with Crippen LogP contribution in [0, 0.1) is 23.2 Å². The topological polar surface area (TPSA) is 74.7 Å². The molecular weight excluding hydrogens is 585 g/mol. The summed E-state index contributed by atoms with van der Waals surface area (Å²) >= 11 is 0. The van der Waals surface area contributed by atoms with Crippen LogP contribution < -0.4 is 11.1 Å². The molecule has 4 aliphatic carbocycles. The van der Waals surface area contributed by atoms with Crippen molar-refractivity contribution in [2.24, 2.45) is 17.6 Å². The molecule has 48 heavy (non-hydrogen) atoms. The zero-order valence-corrected chi connectivity index (χ0v) is 27.3. The number of benzene rings is 3. The van der Waals surface area contributed by atoms with E-state index in [4.69, 9.17) is 5.73 Å². The number of anilines is 1. The lowest BCUT2D eigenvalue weighted by molar-refractivity contribution is 0.534. The molecule has 0 fully saturated rings. The van der Waals surface area contributed by atoms with Gasteiger partial charge >= 0.3 is 0 Å². The Morgan fingerprint density at radius 3 is 2.46 bits per heavy atom. The molecule has 0 amide bonds. The van der Waals surface area contributed by atoms with Crippen molar-refractivity contribution in [2.75, 3.05) is 5.32 Å². The highest BCUT2D eigenvalue weighted by Gasteiger charge is 2.36. The Morgan fingerprint density at radius 2 is 1.62 bits per heavy atom. The number of hydrogen-bond acceptors (Lipinski definition) is 4. The van der Waals surface area contributed by atoms with E-state index >= 15 is 0 Å². The summed E-state index contributed by atoms with van der Waals surface area (Å²) in [5, 5.41) is 13.0. The van der Waals surface area contributed by atoms with Crippen LogP contribution in [0.5, 0.6) is 0 Å². The monoisotopic (exact) mass is 622 g/mol. The number of nitriles is 1. The van der Waals surface area contributed by atoms with E-state index in [0.29, 0.717) is 11.5 Å². The van der Waals surface area contributed by atoms with E-state index in [-0.39, 0.29) is 17.5 Å². The van der Waals surface area contributed by atoms with Gasteiger partial charge in [0.25, 0.3) is 0 Å². The van der Waals surface area contributed by atoms with Gasteiger partial charge in [-0.2, -0.15) is 5.26 Å². The zero-order valence-electron chi connectivity index (χ0n) is 27.3. The van der Waals surface area contributed by atoms with Gasteiger partial charge in [-0.15, -0.1) is 0 Å². The Bertz CT molecular complexity index is 2170. The van der Waals surface area contributed by atoms with E-state index in [1.54, 1.807) is 0 Å². The van der Waals surface area contributed by atoms with Crippen molar-refractivity contribution in [2.45, 2.75) is 38.3 Å². The van der Waals surface area contributed by atoms with Gasteiger partial charge in [-0.1, -0.05) is 111 Å². The molecule has 0 bridgehead atoms. The number of nitrogens with one attached hydrogen (secondary N) is 1. The van der Waals surface area contributed by atoms with Gasteiger partial charge in [0.1, 0.15) is 5.82 Å². The summed E-state index contributed by atoms with van der Waals surface area (Å²) in [6, 6.07) is 29.7. The van der Waals surface area contributed by atoms with Gasteiger partial charge in [0.05, 0.1) is 17.8 Å². The Kier molecular flexibility index (Phi) is 7.43. The smallest absolute Gasteiger partial charge is 0.135 e. The van der Waals surface area contributed by atoms with Crippen molar-refractivity contribution in [3.05, 3.63) is 173 Å². The summed E-state index contributed by atoms with van der Waals surface area (Å²) in [6.45, 7) is 4.54. The molecule has 234 valence electrons. The molecule has 8 rings (SSSR count). The molecule has 1 aromatic heterocycles. The summed E-state index contributed by atoms with van der Waals surface area (Å²) in [6.07, 6.45) is 21.6. The molecule has 3 aromatic carbocycles. The number of aromatic nitrogens is 1. The first-order chi connectivity index (χ1) is 23.4. The summed E-state index contributed by atoms with van der Waals surface area (Å²) in [7, 11) is 0. The van der Waals surface area contributed by atoms with Crippen LogP contribution in [0.2, 0.25) is 0 Å². The van der Waals surface area contributed by atoms with Gasteiger partial charge in [-0.3, -0.25) is 0 Å². The lowest BCUT2D eigenvalue weighted by Gasteiger charge is -2.30. The molecule has 3 unspecified atom stereocenters. The first kappa shape index (κ1) is 29.9. The minimum atomic E-state index is -0.275. The SMILES string of the molecule is CC1(C)c2cc(C#N)ccc2-c2ccc(C3=CC4CC(C5=CC=CC(C(N)Nc6ncccc6-c6ccccc6)C5)=CC=C4C=C3)cc21. The van der Waals surface area contributed by atoms with E-state index in [1.807, 2.05) is 36.5 Å². The standard InChI is InChI=1S/C44H38N4/c1-44(2)40-22-28(27-45)13-19-38(40)39-20-18-34(26-41(39)44)33-17-15-29-14-16-32(24-36(29)25-33)31-10-6-11-35(23-31)42(46)48-43-37(12-7-21-47-43)30-8-4-3-5-9-30/h3-22,25-26,35-36,42H,23-24,46H2,1-2H3,(H,47,48). The number of nitrogens with two attached hydrogens (primary N) is 1. The zero-order chi connectivity index (χ0) is 32.8. The quantitative estimate of drug-likeness (QED) is 0.210. The minimum Gasteiger partial charge on any atom is -0.354 e. The van der Waals surface area contributed by atoms with Crippen molar-refractivity contribution < 1.29 is 0 Å². The molecule has 4 aliphatic rings. The fourth-order valence-electron chi connectivity index (χ4n) is 7.78. The predicted molar refractivity (Wildman–Crippen MR) is 197 cm³/mol. The molecular formula is C44H38N4. The van der Waals surface area contributed by atoms with Crippen molar-refractivity contribution in [1.82, 2.24) is 4.98 Å². The maximum Gasteiger partial charge on any atom is 0.135 e. The highest BCUT2D eigenvalue weighted by molar-refractivity contribution is 5.85. The third kappa shape index (κ3) is 5.27. The molecule has 0 saturated carbocycles. The number of pyridine rings is 1. The molecule has 3 atom stereocenters. The molecule has 4 nitrogen and oxygen atoms in total. The normalized spacial score (nSPS) is 20.6. The highest BCUT2D eigenvalue weighted by atomic mass is 15.1. The summed E-state index contributed by atoms with van der Waals surface area (Å²) in [5.41, 5.74) is 21.2. The van der Waals surface area contributed by atoms with E-state index in [1.165, 1.54) is 50.1 Å². The van der Waals surface area contributed by atoms with Crippen molar-refractivity contribution >= 4 is 11.4 Å². The van der Waals surface area contributed by atoms with Crippen LogP contribution in [0.3, 0.4) is 0 Å². The van der Waals surface area contributed by atoms with Gasteiger partial charge in [-0.25, -0.2) is 4.98 Å². The number of rotatable bonds is 6. The van der Waals surface area contributed by atoms with Crippen LogP contribution in [0.15, 0.2) is 150 Å². The lowest BCUT2D eigenvalue weighted by atomic mass is 9.76. The fraction of sp³-hybridized carbons (Fsp3) is 0.182. The van der Waals surface area contributed by atoms with E-state index in [2.05, 4.69) is 127 Å². The molecule has 1 heterocycles. The van der Waals surface area contributed by atoms with E-state index < -0.39 is 0 Å². The van der Waals surface area contributed by atoms with Gasteiger partial charge in [0.15, 0.2) is 0 Å². The second kappa shape index (κ2) is 11.9. The summed E-state index contributed by atoms with van der Waals surface area (Å²) in [4.78, 5) is 4.65. The third-order valence-corrected chi connectivity index (χ3v) is 10.5. The van der Waals surface area contributed by atoms with Gasteiger partial charge in [0.2, 0.25) is 0 Å². The molecule has 0 saturated heterocycles. The van der Waals surface area contributed by atoms with Gasteiger partial charge in [-0.05, 0) is 98.8 Å². The first-order valence-corrected chi connectivity index (χ1v) is 16.8. The number of hydrogen-bond donors (Lipinski definition) is 2. The van der Waals surface area contributed by atoms with Crippen LogP contribution >= 0.6 is 0 Å². The maximum absolute atomic E-state index is 9.51. The summed E-state index contributed by atoms with van der Waals surface area (Å²) < 4.78 is 0. The minimum absolute atomic E-state index is 0.141. The highest BCUT2D eigenvalue weighted by Crippen LogP contribution is 2.50. The van der Waals surface area contributed by atoms with Crippen molar-refractivity contribution in [1.29, 1.82) is 5.26 Å². The lowest BCUT2D eigenvalue weighted by Crippen LogP contribution is -2.38. The van der Waals surface area contributed by atoms with Crippen LogP contribution in [-0.2, 0) is 5.41 Å². The van der Waals surface area contributed by atoms with Gasteiger partial charge < -0.3 is 11.1 Å². The first-order valence-electron chi connectivity index (χ1n) is 16.8. The van der Waals surface area contributed by atoms with Gasteiger partial charge in [0, 0.05) is 29.0 Å². The van der Waals surface area contributed by atoms with Crippen molar-refractivity contribution in [3.8, 4) is 28.3 Å². The maximum atomic E-state index is 9.51.